The monoisotopic (exact) mass is 450 g/mol. The van der Waals surface area contributed by atoms with Crippen molar-refractivity contribution in [2.75, 3.05) is 7.05 Å². The van der Waals surface area contributed by atoms with E-state index in [4.69, 9.17) is 0 Å². The molecule has 4 saturated heterocycles. The van der Waals surface area contributed by atoms with Crippen LogP contribution in [0.4, 0.5) is 0 Å². The van der Waals surface area contributed by atoms with Crippen molar-refractivity contribution in [3.05, 3.63) is 0 Å². The summed E-state index contributed by atoms with van der Waals surface area (Å²) >= 11 is 0. The Morgan fingerprint density at radius 1 is 0.562 bits per heavy atom. The van der Waals surface area contributed by atoms with E-state index in [2.05, 4.69) is 128 Å². The van der Waals surface area contributed by atoms with Crippen molar-refractivity contribution >= 4 is 0 Å². The minimum atomic E-state index is 0. The van der Waals surface area contributed by atoms with E-state index in [1.807, 2.05) is 0 Å². The second kappa shape index (κ2) is 7.97. The molecule has 0 aromatic carbocycles. The number of likely N-dealkylation sites (tertiary alicyclic amines) is 1. The van der Waals surface area contributed by atoms with Gasteiger partial charge in [0.1, 0.15) is 0 Å². The van der Waals surface area contributed by atoms with Gasteiger partial charge in [0, 0.05) is 27.7 Å². The Bertz CT molecular complexity index is 634. The Morgan fingerprint density at radius 3 is 1.16 bits per heavy atom. The zero-order valence-electron chi connectivity index (χ0n) is 24.5. The molecule has 192 valence electrons. The quantitative estimate of drug-likeness (QED) is 0.416. The molecule has 4 fully saturated rings. The van der Waals surface area contributed by atoms with Gasteiger partial charge in [-0.15, -0.1) is 0 Å². The molecular weight excluding hydrogens is 388 g/mol. The Balaban J connectivity index is 0.000000316. The predicted molar refractivity (Wildman–Crippen MR) is 145 cm³/mol. The van der Waals surface area contributed by atoms with Crippen LogP contribution in [0.1, 0.15) is 131 Å². The molecule has 2 bridgehead atoms. The SMILES string of the molecule is C.CC(C)(C)CC1C2C(C)(C)N(C1(C)C)C2(C)C.CN1C(C)(C)C(CC(C)(C)C)C1(C)C. The maximum atomic E-state index is 2.77. The van der Waals surface area contributed by atoms with Crippen molar-refractivity contribution in [1.82, 2.24) is 9.80 Å². The van der Waals surface area contributed by atoms with Crippen molar-refractivity contribution < 1.29 is 0 Å². The van der Waals surface area contributed by atoms with Gasteiger partial charge in [-0.1, -0.05) is 49.0 Å². The van der Waals surface area contributed by atoms with E-state index in [0.29, 0.717) is 38.5 Å². The van der Waals surface area contributed by atoms with Gasteiger partial charge in [-0.2, -0.15) is 0 Å². The van der Waals surface area contributed by atoms with Crippen molar-refractivity contribution in [3.63, 3.8) is 0 Å². The van der Waals surface area contributed by atoms with Crippen LogP contribution in [0.3, 0.4) is 0 Å². The highest BCUT2D eigenvalue weighted by Crippen LogP contribution is 2.68. The topological polar surface area (TPSA) is 6.48 Å². The van der Waals surface area contributed by atoms with Gasteiger partial charge in [-0.25, -0.2) is 0 Å². The van der Waals surface area contributed by atoms with E-state index < -0.39 is 0 Å². The van der Waals surface area contributed by atoms with Crippen LogP contribution in [0.5, 0.6) is 0 Å². The molecule has 1 unspecified atom stereocenters. The van der Waals surface area contributed by atoms with Gasteiger partial charge in [-0.05, 0) is 118 Å². The lowest BCUT2D eigenvalue weighted by Gasteiger charge is -2.67. The first-order valence-electron chi connectivity index (χ1n) is 12.9. The highest BCUT2D eigenvalue weighted by atomic mass is 15.4. The molecular formula is C30H62N2. The van der Waals surface area contributed by atoms with Crippen LogP contribution in [0.25, 0.3) is 0 Å². The van der Waals surface area contributed by atoms with Crippen molar-refractivity contribution in [2.24, 2.45) is 28.6 Å². The lowest BCUT2D eigenvalue weighted by molar-refractivity contribution is -0.168. The summed E-state index contributed by atoms with van der Waals surface area (Å²) in [5.74, 6) is 2.47. The lowest BCUT2D eigenvalue weighted by atomic mass is 9.58. The van der Waals surface area contributed by atoms with E-state index in [-0.39, 0.29) is 7.43 Å². The molecule has 4 rings (SSSR count). The van der Waals surface area contributed by atoms with Gasteiger partial charge in [-0.3, -0.25) is 9.80 Å². The van der Waals surface area contributed by atoms with Crippen LogP contribution in [0.2, 0.25) is 0 Å². The number of fused-ring (bicyclic) bond motifs is 1. The van der Waals surface area contributed by atoms with Crippen molar-refractivity contribution in [2.45, 2.75) is 159 Å². The van der Waals surface area contributed by atoms with Gasteiger partial charge < -0.3 is 0 Å². The van der Waals surface area contributed by atoms with E-state index in [9.17, 15) is 0 Å². The van der Waals surface area contributed by atoms with E-state index >= 15 is 0 Å². The minimum Gasteiger partial charge on any atom is -0.295 e. The maximum absolute atomic E-state index is 2.77. The number of hydrogen-bond acceptors (Lipinski definition) is 2. The maximum Gasteiger partial charge on any atom is 0.0213 e. The first kappa shape index (κ1) is 30.0. The van der Waals surface area contributed by atoms with E-state index in [1.54, 1.807) is 0 Å². The third kappa shape index (κ3) is 4.58. The molecule has 0 saturated carbocycles. The first-order chi connectivity index (χ1) is 13.3. The van der Waals surface area contributed by atoms with E-state index in [1.165, 1.54) is 12.8 Å². The van der Waals surface area contributed by atoms with Crippen LogP contribution < -0.4 is 0 Å². The molecule has 4 aliphatic heterocycles. The van der Waals surface area contributed by atoms with Crippen LogP contribution >= 0.6 is 0 Å². The minimum absolute atomic E-state index is 0. The molecule has 0 spiro atoms. The van der Waals surface area contributed by atoms with E-state index in [0.717, 1.165) is 17.8 Å². The van der Waals surface area contributed by atoms with Gasteiger partial charge in [0.05, 0.1) is 0 Å². The zero-order chi connectivity index (χ0) is 24.8. The highest BCUT2D eigenvalue weighted by molar-refractivity contribution is 5.28. The normalized spacial score (nSPS) is 33.8. The smallest absolute Gasteiger partial charge is 0.0213 e. The van der Waals surface area contributed by atoms with Crippen LogP contribution in [0.15, 0.2) is 0 Å². The summed E-state index contributed by atoms with van der Waals surface area (Å²) in [7, 11) is 2.25. The van der Waals surface area contributed by atoms with Crippen LogP contribution in [0, 0.1) is 28.6 Å². The molecule has 32 heavy (non-hydrogen) atoms. The third-order valence-electron chi connectivity index (χ3n) is 9.64. The fourth-order valence-electron chi connectivity index (χ4n) is 9.01. The number of hydrogen-bond donors (Lipinski definition) is 0. The van der Waals surface area contributed by atoms with Gasteiger partial charge >= 0.3 is 0 Å². The van der Waals surface area contributed by atoms with Crippen molar-refractivity contribution in [3.8, 4) is 0 Å². The Morgan fingerprint density at radius 2 is 0.906 bits per heavy atom. The van der Waals surface area contributed by atoms with Crippen molar-refractivity contribution in [1.29, 1.82) is 0 Å². The third-order valence-corrected chi connectivity index (χ3v) is 9.64. The zero-order valence-corrected chi connectivity index (χ0v) is 24.5. The highest BCUT2D eigenvalue weighted by Gasteiger charge is 2.75. The standard InChI is InChI=1S/C16H31N.C13H27N.CH4/c1-13(2,3)10-11-12-15(6,7)17(14(11,4)5)16(12,8)9;1-11(2,3)9-10-12(4,5)14(8)13(10,6)7;/h11-12H,10H2,1-9H3;10H,9H2,1-8H3;1H4. The average Bonchev–Trinajstić information content (AvgIpc) is 2.75. The Labute approximate surface area is 204 Å². The molecule has 0 aromatic heterocycles. The molecule has 2 nitrogen and oxygen atoms in total. The van der Waals surface area contributed by atoms with Crippen LogP contribution in [-0.2, 0) is 0 Å². The molecule has 0 aromatic rings. The summed E-state index contributed by atoms with van der Waals surface area (Å²) in [4.78, 5) is 5.28. The lowest BCUT2D eigenvalue weighted by Crippen LogP contribution is -2.74. The summed E-state index contributed by atoms with van der Waals surface area (Å²) in [6.07, 6.45) is 2.66. The fourth-order valence-corrected chi connectivity index (χ4v) is 9.01. The van der Waals surface area contributed by atoms with Gasteiger partial charge in [0.2, 0.25) is 0 Å². The number of rotatable bonds is 2. The first-order valence-corrected chi connectivity index (χ1v) is 12.9. The van der Waals surface area contributed by atoms with Gasteiger partial charge in [0.25, 0.3) is 0 Å². The molecule has 4 aliphatic rings. The fraction of sp³-hybridized carbons (Fsp3) is 1.00. The second-order valence-electron chi connectivity index (χ2n) is 16.3. The molecule has 1 atom stereocenters. The Kier molecular flexibility index (Phi) is 7.46. The second-order valence-corrected chi connectivity index (χ2v) is 16.3. The van der Waals surface area contributed by atoms with Crippen LogP contribution in [-0.4, -0.2) is 44.5 Å². The molecule has 4 heterocycles. The van der Waals surface area contributed by atoms with Gasteiger partial charge in [0.15, 0.2) is 0 Å². The average molecular weight is 451 g/mol. The Hall–Kier alpha value is -0.0800. The summed E-state index contributed by atoms with van der Waals surface area (Å²) in [5.41, 5.74) is 2.76. The molecule has 0 radical (unpaired) electrons. The molecule has 0 aliphatic carbocycles. The molecule has 2 heteroatoms. The summed E-state index contributed by atoms with van der Waals surface area (Å²) in [6, 6.07) is 0. The summed E-state index contributed by atoms with van der Waals surface area (Å²) in [6.45, 7) is 38.3. The molecule has 0 amide bonds. The largest absolute Gasteiger partial charge is 0.295 e. The summed E-state index contributed by atoms with van der Waals surface area (Å²) < 4.78 is 0. The predicted octanol–water partition coefficient (Wildman–Crippen LogP) is 8.50. The summed E-state index contributed by atoms with van der Waals surface area (Å²) in [5, 5.41) is 0. The molecule has 0 N–H and O–H groups in total. The number of nitrogens with zero attached hydrogens (tertiary/aromatic N) is 2.